The number of hydrogen-bond donors (Lipinski definition) is 0. The van der Waals surface area contributed by atoms with Crippen molar-refractivity contribution in [3.05, 3.63) is 72.1 Å². The summed E-state index contributed by atoms with van der Waals surface area (Å²) in [7, 11) is 0. The van der Waals surface area contributed by atoms with Gasteiger partial charge in [-0.2, -0.15) is 15.5 Å². The van der Waals surface area contributed by atoms with E-state index in [1.54, 1.807) is 30.7 Å². The van der Waals surface area contributed by atoms with Gasteiger partial charge in [0.1, 0.15) is 5.52 Å². The van der Waals surface area contributed by atoms with Gasteiger partial charge in [0.2, 0.25) is 0 Å². The van der Waals surface area contributed by atoms with Gasteiger partial charge < -0.3 is 0 Å². The molecule has 0 radical (unpaired) electrons. The van der Waals surface area contributed by atoms with Crippen molar-refractivity contribution >= 4 is 23.2 Å². The second-order valence-corrected chi connectivity index (χ2v) is 6.92. The molecule has 0 saturated heterocycles. The van der Waals surface area contributed by atoms with E-state index in [2.05, 4.69) is 27.8 Å². The average molecular weight is 384 g/mol. The normalized spacial score (nSPS) is 15.6. The average Bonchev–Trinajstić information content (AvgIpc) is 3.41. The van der Waals surface area contributed by atoms with Crippen LogP contribution in [0.1, 0.15) is 36.4 Å². The fraction of sp³-hybridized carbons (Fsp3) is 0.227. The number of carbonyl (C=O) groups is 1. The zero-order valence-corrected chi connectivity index (χ0v) is 15.9. The molecule has 144 valence electrons. The first-order valence-electron chi connectivity index (χ1n) is 9.48. The van der Waals surface area contributed by atoms with Crippen LogP contribution in [-0.4, -0.2) is 31.9 Å². The highest BCUT2D eigenvalue weighted by Crippen LogP contribution is 2.30. The van der Waals surface area contributed by atoms with E-state index in [0.717, 1.165) is 23.0 Å². The second-order valence-electron chi connectivity index (χ2n) is 6.92. The highest BCUT2D eigenvalue weighted by molar-refractivity contribution is 5.94. The van der Waals surface area contributed by atoms with Crippen LogP contribution in [0.4, 0.5) is 0 Å². The van der Waals surface area contributed by atoms with Crippen LogP contribution in [0, 0.1) is 11.3 Å². The molecule has 1 atom stereocenters. The monoisotopic (exact) mass is 384 g/mol. The molecule has 7 heteroatoms. The number of aromatic nitrogens is 3. The number of benzene rings is 1. The van der Waals surface area contributed by atoms with Crippen LogP contribution >= 0.6 is 0 Å². The minimum Gasteiger partial charge on any atom is -0.268 e. The molecule has 1 aliphatic heterocycles. The van der Waals surface area contributed by atoms with E-state index in [-0.39, 0.29) is 11.9 Å². The fourth-order valence-corrected chi connectivity index (χ4v) is 3.50. The van der Waals surface area contributed by atoms with E-state index >= 15 is 0 Å². The van der Waals surface area contributed by atoms with E-state index in [9.17, 15) is 4.79 Å². The summed E-state index contributed by atoms with van der Waals surface area (Å²) in [6, 6.07) is 13.1. The van der Waals surface area contributed by atoms with Gasteiger partial charge in [-0.25, -0.2) is 5.01 Å². The first-order valence-corrected chi connectivity index (χ1v) is 9.48. The molecule has 7 nitrogen and oxygen atoms in total. The Morgan fingerprint density at radius 2 is 2.21 bits per heavy atom. The molecule has 1 aliphatic rings. The highest BCUT2D eigenvalue weighted by atomic mass is 16.2. The van der Waals surface area contributed by atoms with E-state index in [0.29, 0.717) is 30.5 Å². The van der Waals surface area contributed by atoms with E-state index in [1.165, 1.54) is 5.01 Å². The summed E-state index contributed by atoms with van der Waals surface area (Å²) in [4.78, 5) is 17.2. The summed E-state index contributed by atoms with van der Waals surface area (Å²) in [5.74, 6) is -0.182. The molecular weight excluding hydrogens is 364 g/mol. The predicted molar refractivity (Wildman–Crippen MR) is 110 cm³/mol. The molecule has 1 aromatic carbocycles. The first kappa shape index (κ1) is 18.6. The fourth-order valence-electron chi connectivity index (χ4n) is 3.50. The van der Waals surface area contributed by atoms with Gasteiger partial charge in [-0.1, -0.05) is 18.7 Å². The summed E-state index contributed by atoms with van der Waals surface area (Å²) in [6.45, 7) is 4.66. The number of hydrogen-bond acceptors (Lipinski definition) is 5. The Balaban J connectivity index is 1.38. The molecule has 0 N–H and O–H groups in total. The number of amides is 1. The van der Waals surface area contributed by atoms with Crippen molar-refractivity contribution < 1.29 is 4.79 Å². The van der Waals surface area contributed by atoms with Crippen LogP contribution in [-0.2, 0) is 11.3 Å². The van der Waals surface area contributed by atoms with Gasteiger partial charge in [0.25, 0.3) is 5.91 Å². The molecule has 3 heterocycles. The standard InChI is InChI=1S/C22H20N6O/c1-16(5-4-12-27-21-8-3-10-24-19(21)15-26-27)22(29)28-20(9-11-25-28)18-7-2-6-17(13-18)14-23/h2-3,6-8,10-11,13,15,20H,1,4-5,9,12H2. The summed E-state index contributed by atoms with van der Waals surface area (Å²) in [5, 5.41) is 19.2. The first-order chi connectivity index (χ1) is 14.2. The smallest absolute Gasteiger partial charge is 0.268 e. The zero-order valence-electron chi connectivity index (χ0n) is 15.9. The molecule has 3 aromatic rings. The SMILES string of the molecule is C=C(CCCn1ncc2ncccc21)C(=O)N1N=CCC1c1cccc(C#N)c1. The van der Waals surface area contributed by atoms with Crippen molar-refractivity contribution in [3.63, 3.8) is 0 Å². The number of rotatable bonds is 6. The van der Waals surface area contributed by atoms with Gasteiger partial charge in [0.15, 0.2) is 0 Å². The summed E-state index contributed by atoms with van der Waals surface area (Å²) >= 11 is 0. The molecule has 0 spiro atoms. The summed E-state index contributed by atoms with van der Waals surface area (Å²) < 4.78 is 1.89. The maximum absolute atomic E-state index is 12.9. The zero-order chi connectivity index (χ0) is 20.2. The topological polar surface area (TPSA) is 87.2 Å². The van der Waals surface area contributed by atoms with E-state index < -0.39 is 0 Å². The Labute approximate surface area is 168 Å². The summed E-state index contributed by atoms with van der Waals surface area (Å²) in [6.07, 6.45) is 7.14. The van der Waals surface area contributed by atoms with Crippen molar-refractivity contribution in [3.8, 4) is 6.07 Å². The number of hydrazone groups is 1. The Morgan fingerprint density at radius 1 is 1.31 bits per heavy atom. The van der Waals surface area contributed by atoms with Gasteiger partial charge >= 0.3 is 0 Å². The second kappa shape index (κ2) is 8.07. The maximum atomic E-state index is 12.9. The molecule has 1 amide bonds. The quantitative estimate of drug-likeness (QED) is 0.608. The molecule has 0 fully saturated rings. The minimum atomic E-state index is -0.200. The van der Waals surface area contributed by atoms with Crippen LogP contribution in [0.3, 0.4) is 0 Å². The van der Waals surface area contributed by atoms with E-state index in [4.69, 9.17) is 5.26 Å². The molecule has 0 saturated carbocycles. The number of nitriles is 1. The van der Waals surface area contributed by atoms with Crippen molar-refractivity contribution in [1.82, 2.24) is 19.8 Å². The Hall–Kier alpha value is -3.79. The van der Waals surface area contributed by atoms with Crippen LogP contribution < -0.4 is 0 Å². The lowest BCUT2D eigenvalue weighted by molar-refractivity contribution is -0.129. The number of fused-ring (bicyclic) bond motifs is 1. The maximum Gasteiger partial charge on any atom is 0.269 e. The van der Waals surface area contributed by atoms with Gasteiger partial charge in [-0.3, -0.25) is 14.5 Å². The molecule has 29 heavy (non-hydrogen) atoms. The van der Waals surface area contributed by atoms with E-state index in [1.807, 2.05) is 28.9 Å². The third-order valence-electron chi connectivity index (χ3n) is 5.00. The molecule has 1 unspecified atom stereocenters. The molecule has 4 rings (SSSR count). The van der Waals surface area contributed by atoms with Crippen LogP contribution in [0.25, 0.3) is 11.0 Å². The van der Waals surface area contributed by atoms with Crippen LogP contribution in [0.5, 0.6) is 0 Å². The van der Waals surface area contributed by atoms with Gasteiger partial charge in [0, 0.05) is 31.0 Å². The lowest BCUT2D eigenvalue weighted by atomic mass is 10.0. The molecular formula is C22H20N6O. The lowest BCUT2D eigenvalue weighted by Crippen LogP contribution is -2.28. The number of carbonyl (C=O) groups excluding carboxylic acids is 1. The Kier molecular flexibility index (Phi) is 5.16. The minimum absolute atomic E-state index is 0.182. The predicted octanol–water partition coefficient (Wildman–Crippen LogP) is 3.60. The van der Waals surface area contributed by atoms with Crippen LogP contribution in [0.15, 0.2) is 66.0 Å². The number of nitrogens with zero attached hydrogens (tertiary/aromatic N) is 6. The van der Waals surface area contributed by atoms with Gasteiger partial charge in [0.05, 0.1) is 29.4 Å². The highest BCUT2D eigenvalue weighted by Gasteiger charge is 2.29. The summed E-state index contributed by atoms with van der Waals surface area (Å²) in [5.41, 5.74) is 3.82. The number of pyridine rings is 1. The molecule has 0 aliphatic carbocycles. The molecule has 0 bridgehead atoms. The van der Waals surface area contributed by atoms with Crippen molar-refractivity contribution in [2.45, 2.75) is 31.8 Å². The largest absolute Gasteiger partial charge is 0.269 e. The number of aryl methyl sites for hydroxylation is 1. The van der Waals surface area contributed by atoms with Gasteiger partial charge in [-0.15, -0.1) is 0 Å². The van der Waals surface area contributed by atoms with Crippen molar-refractivity contribution in [2.24, 2.45) is 5.10 Å². The lowest BCUT2D eigenvalue weighted by Gasteiger charge is -2.23. The third-order valence-corrected chi connectivity index (χ3v) is 5.00. The Bertz CT molecular complexity index is 1140. The van der Waals surface area contributed by atoms with Gasteiger partial charge in [-0.05, 0) is 42.7 Å². The van der Waals surface area contributed by atoms with Crippen molar-refractivity contribution in [1.29, 1.82) is 5.26 Å². The van der Waals surface area contributed by atoms with Crippen molar-refractivity contribution in [2.75, 3.05) is 0 Å². The third kappa shape index (κ3) is 3.78. The Morgan fingerprint density at radius 3 is 3.07 bits per heavy atom. The van der Waals surface area contributed by atoms with Crippen LogP contribution in [0.2, 0.25) is 0 Å². The molecule has 2 aromatic heterocycles.